The Hall–Kier alpha value is -6.15. The van der Waals surface area contributed by atoms with E-state index in [1.807, 2.05) is 0 Å². The van der Waals surface area contributed by atoms with Crippen LogP contribution in [0, 0.1) is 0 Å². The minimum Gasteiger partial charge on any atom is -0.435 e. The van der Waals surface area contributed by atoms with E-state index in [2.05, 4.69) is 51.0 Å². The van der Waals surface area contributed by atoms with Crippen molar-refractivity contribution in [3.63, 3.8) is 0 Å². The van der Waals surface area contributed by atoms with E-state index in [1.165, 1.54) is 47.5 Å². The molecule has 0 spiro atoms. The Balaban J connectivity index is 1.35. The highest BCUT2D eigenvalue weighted by molar-refractivity contribution is 6.07. The Morgan fingerprint density at radius 3 is 2.58 bits per heavy atom. The third-order valence-corrected chi connectivity index (χ3v) is 6.88. The molecule has 0 radical (unpaired) electrons. The lowest BCUT2D eigenvalue weighted by Crippen LogP contribution is -2.41. The number of fused-ring (bicyclic) bond motifs is 1. The SMILES string of the molecule is O=C(CNC(=O)c1cc(NC2=NCC(F)CN2)c2cn[nH]c2c1)N[C@@H](CC(=O)OC(=O)C(F)(F)F)c1cc(OC(F)F)cc(-n2cccn2)c1. The number of guanidine groups is 1. The van der Waals surface area contributed by atoms with Crippen molar-refractivity contribution < 1.29 is 55.0 Å². The highest BCUT2D eigenvalue weighted by Crippen LogP contribution is 2.29. The number of aromatic amines is 1. The number of nitrogens with zero attached hydrogens (tertiary/aromatic N) is 4. The van der Waals surface area contributed by atoms with Crippen LogP contribution in [0.3, 0.4) is 0 Å². The van der Waals surface area contributed by atoms with Crippen molar-refractivity contribution >= 4 is 46.3 Å². The zero-order chi connectivity index (χ0) is 36.0. The van der Waals surface area contributed by atoms with Gasteiger partial charge in [0, 0.05) is 29.4 Å². The summed E-state index contributed by atoms with van der Waals surface area (Å²) >= 11 is 0. The molecule has 0 fully saturated rings. The largest absolute Gasteiger partial charge is 0.491 e. The second kappa shape index (κ2) is 15.0. The van der Waals surface area contributed by atoms with Gasteiger partial charge >= 0.3 is 24.7 Å². The van der Waals surface area contributed by atoms with Crippen LogP contribution in [0.1, 0.15) is 28.4 Å². The average Bonchev–Trinajstić information content (AvgIpc) is 3.77. The van der Waals surface area contributed by atoms with Crippen molar-refractivity contribution in [2.45, 2.75) is 31.4 Å². The van der Waals surface area contributed by atoms with Gasteiger partial charge in [-0.15, -0.1) is 0 Å². The molecule has 264 valence electrons. The van der Waals surface area contributed by atoms with E-state index in [9.17, 15) is 45.5 Å². The van der Waals surface area contributed by atoms with Crippen LogP contribution in [0.15, 0.2) is 60.0 Å². The molecule has 0 bridgehead atoms. The van der Waals surface area contributed by atoms with Gasteiger partial charge in [-0.2, -0.15) is 32.1 Å². The Kier molecular flexibility index (Phi) is 10.5. The number of halogens is 6. The number of alkyl halides is 6. The molecule has 1 unspecified atom stereocenters. The second-order valence-electron chi connectivity index (χ2n) is 10.5. The molecule has 0 aliphatic carbocycles. The zero-order valence-electron chi connectivity index (χ0n) is 25.3. The summed E-state index contributed by atoms with van der Waals surface area (Å²) in [6, 6.07) is 6.13. The van der Waals surface area contributed by atoms with Crippen molar-refractivity contribution in [1.82, 2.24) is 35.9 Å². The van der Waals surface area contributed by atoms with Gasteiger partial charge in [0.15, 0.2) is 5.96 Å². The summed E-state index contributed by atoms with van der Waals surface area (Å²) in [5.41, 5.74) is 0.760. The molecule has 21 heteroatoms. The molecule has 15 nitrogen and oxygen atoms in total. The van der Waals surface area contributed by atoms with E-state index < -0.39 is 67.5 Å². The number of aromatic nitrogens is 4. The lowest BCUT2D eigenvalue weighted by Gasteiger charge is -2.21. The maximum atomic E-state index is 13.5. The van der Waals surface area contributed by atoms with Crippen molar-refractivity contribution in [3.8, 4) is 11.4 Å². The lowest BCUT2D eigenvalue weighted by atomic mass is 10.0. The van der Waals surface area contributed by atoms with Crippen LogP contribution < -0.4 is 26.0 Å². The van der Waals surface area contributed by atoms with Crippen molar-refractivity contribution in [2.75, 3.05) is 25.0 Å². The molecule has 5 N–H and O–H groups in total. The first-order chi connectivity index (χ1) is 23.7. The number of H-pyrrole nitrogens is 1. The monoisotopic (exact) mass is 709 g/mol. The fraction of sp³-hybridized carbons (Fsp3) is 0.276. The number of hydrogen-bond donors (Lipinski definition) is 5. The lowest BCUT2D eigenvalue weighted by molar-refractivity contribution is -0.202. The van der Waals surface area contributed by atoms with Gasteiger partial charge in [-0.25, -0.2) is 18.9 Å². The van der Waals surface area contributed by atoms with Gasteiger partial charge in [0.25, 0.3) is 5.91 Å². The first-order valence-electron chi connectivity index (χ1n) is 14.4. The van der Waals surface area contributed by atoms with Crippen LogP contribution in [0.2, 0.25) is 0 Å². The fourth-order valence-corrected chi connectivity index (χ4v) is 4.68. The van der Waals surface area contributed by atoms with E-state index >= 15 is 0 Å². The molecule has 3 heterocycles. The van der Waals surface area contributed by atoms with Gasteiger partial charge in [0.05, 0.1) is 55.2 Å². The van der Waals surface area contributed by atoms with Gasteiger partial charge in [-0.1, -0.05) is 0 Å². The summed E-state index contributed by atoms with van der Waals surface area (Å²) in [4.78, 5) is 53.9. The molecule has 2 aromatic heterocycles. The van der Waals surface area contributed by atoms with E-state index in [4.69, 9.17) is 0 Å². The Labute approximate surface area is 276 Å². The zero-order valence-corrected chi connectivity index (χ0v) is 25.3. The number of carbonyl (C=O) groups excluding carboxylic acids is 4. The molecule has 50 heavy (non-hydrogen) atoms. The number of aliphatic imine (C=N–C) groups is 1. The summed E-state index contributed by atoms with van der Waals surface area (Å²) in [6.45, 7) is -4.12. The Morgan fingerprint density at radius 1 is 1.10 bits per heavy atom. The first kappa shape index (κ1) is 35.2. The molecule has 0 saturated heterocycles. The molecule has 2 aromatic carbocycles. The summed E-state index contributed by atoms with van der Waals surface area (Å²) in [6.07, 6.45) is -3.51. The van der Waals surface area contributed by atoms with Crippen molar-refractivity contribution in [3.05, 3.63) is 66.1 Å². The van der Waals surface area contributed by atoms with Crippen LogP contribution in [0.25, 0.3) is 16.6 Å². The number of benzene rings is 2. The maximum absolute atomic E-state index is 13.5. The van der Waals surface area contributed by atoms with E-state index in [1.54, 1.807) is 0 Å². The highest BCUT2D eigenvalue weighted by atomic mass is 19.4. The Morgan fingerprint density at radius 2 is 1.90 bits per heavy atom. The quantitative estimate of drug-likeness (QED) is 0.0879. The van der Waals surface area contributed by atoms with Gasteiger partial charge in [-0.05, 0) is 35.9 Å². The highest BCUT2D eigenvalue weighted by Gasteiger charge is 2.42. The van der Waals surface area contributed by atoms with Crippen molar-refractivity contribution in [1.29, 1.82) is 0 Å². The third kappa shape index (κ3) is 9.05. The van der Waals surface area contributed by atoms with Crippen molar-refractivity contribution in [2.24, 2.45) is 4.99 Å². The standard InChI is InChI=1S/C29H25F6N9O6/c30-16-10-37-28(38-11-16)42-21-6-15(7-22-19(21)12-39-43-22)25(47)36-13-23(45)41-20(9-24(46)50-26(48)29(33,34)35)14-4-17(44-3-1-2-40-44)8-18(5-14)49-27(31)32/h1-8,12,16,20,27H,9-11,13H2,(H,36,47)(H,39,43)(H,41,45)(H2,37,38,42)/t20-/m0/s1. The second-order valence-corrected chi connectivity index (χ2v) is 10.5. The summed E-state index contributed by atoms with van der Waals surface area (Å²) < 4.78 is 87.5. The number of carbonyl (C=O) groups is 4. The minimum absolute atomic E-state index is 0.0150. The predicted octanol–water partition coefficient (Wildman–Crippen LogP) is 2.67. The number of esters is 2. The van der Waals surface area contributed by atoms with Gasteiger partial charge < -0.3 is 30.7 Å². The number of ether oxygens (including phenoxy) is 2. The van der Waals surface area contributed by atoms with Gasteiger partial charge in [0.1, 0.15) is 11.9 Å². The van der Waals surface area contributed by atoms with Crippen LogP contribution in [0.4, 0.5) is 32.0 Å². The van der Waals surface area contributed by atoms with Gasteiger partial charge in [-0.3, -0.25) is 19.5 Å². The smallest absolute Gasteiger partial charge is 0.435 e. The third-order valence-electron chi connectivity index (χ3n) is 6.88. The van der Waals surface area contributed by atoms with Crippen LogP contribution in [-0.4, -0.2) is 88.3 Å². The number of rotatable bonds is 11. The van der Waals surface area contributed by atoms with E-state index in [0.29, 0.717) is 16.6 Å². The van der Waals surface area contributed by atoms with Crippen LogP contribution in [-0.2, 0) is 19.1 Å². The molecule has 1 aliphatic rings. The number of amides is 2. The fourth-order valence-electron chi connectivity index (χ4n) is 4.68. The molecule has 0 saturated carbocycles. The summed E-state index contributed by atoms with van der Waals surface area (Å²) in [5, 5.41) is 21.6. The molecular formula is C29H25F6N9O6. The number of hydrogen-bond acceptors (Lipinski definition) is 11. The van der Waals surface area contributed by atoms with Crippen LogP contribution in [0.5, 0.6) is 5.75 Å². The van der Waals surface area contributed by atoms with Crippen LogP contribution >= 0.6 is 0 Å². The minimum atomic E-state index is -5.51. The number of nitrogens with one attached hydrogen (secondary N) is 5. The Bertz CT molecular complexity index is 1910. The molecule has 1 aliphatic heterocycles. The molecule has 4 aromatic rings. The normalized spacial score (nSPS) is 15.1. The topological polar surface area (TPSA) is 194 Å². The molecular weight excluding hydrogens is 684 g/mol. The van der Waals surface area contributed by atoms with E-state index in [0.717, 1.165) is 12.1 Å². The number of anilines is 1. The maximum Gasteiger partial charge on any atom is 0.491 e. The molecule has 5 rings (SSSR count). The van der Waals surface area contributed by atoms with Gasteiger partial charge in [0.2, 0.25) is 5.91 Å². The molecule has 2 amide bonds. The molecule has 2 atom stereocenters. The van der Waals surface area contributed by atoms with E-state index in [-0.39, 0.29) is 35.9 Å². The first-order valence-corrected chi connectivity index (χ1v) is 14.4. The average molecular weight is 710 g/mol. The predicted molar refractivity (Wildman–Crippen MR) is 160 cm³/mol. The summed E-state index contributed by atoms with van der Waals surface area (Å²) in [5.74, 6) is -6.50. The summed E-state index contributed by atoms with van der Waals surface area (Å²) in [7, 11) is 0.